The van der Waals surface area contributed by atoms with E-state index in [0.717, 1.165) is 0 Å². The lowest BCUT2D eigenvalue weighted by atomic mass is 9.87. The van der Waals surface area contributed by atoms with Gasteiger partial charge in [0.05, 0.1) is 0 Å². The van der Waals surface area contributed by atoms with Gasteiger partial charge in [-0.05, 0) is 48.9 Å². The summed E-state index contributed by atoms with van der Waals surface area (Å²) in [6, 6.07) is 9.63. The van der Waals surface area contributed by atoms with E-state index in [2.05, 4.69) is 62.2 Å². The lowest BCUT2D eigenvalue weighted by Gasteiger charge is -2.32. The summed E-state index contributed by atoms with van der Waals surface area (Å²) >= 11 is 0. The molecule has 1 aliphatic rings. The third-order valence-corrected chi connectivity index (χ3v) is 4.25. The van der Waals surface area contributed by atoms with Crippen molar-refractivity contribution in [3.8, 4) is 0 Å². The predicted molar refractivity (Wildman–Crippen MR) is 88.5 cm³/mol. The molecule has 1 heterocycles. The van der Waals surface area contributed by atoms with Crippen LogP contribution in [0.4, 0.5) is 5.69 Å². The van der Waals surface area contributed by atoms with Gasteiger partial charge in [0.15, 0.2) is 0 Å². The zero-order chi connectivity index (χ0) is 14.6. The van der Waals surface area contributed by atoms with E-state index in [1.54, 1.807) is 0 Å². The van der Waals surface area contributed by atoms with Crippen molar-refractivity contribution < 1.29 is 0 Å². The summed E-state index contributed by atoms with van der Waals surface area (Å²) in [5.74, 6) is 0. The van der Waals surface area contributed by atoms with E-state index in [9.17, 15) is 0 Å². The molecule has 0 aliphatic carbocycles. The fourth-order valence-corrected chi connectivity index (χ4v) is 2.92. The first-order valence-electron chi connectivity index (χ1n) is 8.08. The van der Waals surface area contributed by atoms with Crippen molar-refractivity contribution in [2.45, 2.75) is 58.4 Å². The summed E-state index contributed by atoms with van der Waals surface area (Å²) in [7, 11) is 0. The highest BCUT2D eigenvalue weighted by Gasteiger charge is 2.18. The van der Waals surface area contributed by atoms with Gasteiger partial charge in [-0.1, -0.05) is 39.8 Å². The fraction of sp³-hybridized carbons (Fsp3) is 0.667. The quantitative estimate of drug-likeness (QED) is 0.882. The molecule has 0 saturated carbocycles. The molecule has 0 atom stereocenters. The van der Waals surface area contributed by atoms with Crippen molar-refractivity contribution >= 4 is 5.69 Å². The van der Waals surface area contributed by atoms with Crippen LogP contribution in [-0.2, 0) is 5.41 Å². The molecule has 0 amide bonds. The van der Waals surface area contributed by atoms with Crippen LogP contribution in [0.15, 0.2) is 24.3 Å². The minimum Gasteiger partial charge on any atom is -0.382 e. The molecule has 0 aromatic heterocycles. The molecule has 1 aromatic carbocycles. The summed E-state index contributed by atoms with van der Waals surface area (Å²) in [5.41, 5.74) is 2.91. The van der Waals surface area contributed by atoms with Crippen molar-refractivity contribution in [2.75, 3.05) is 25.0 Å². The van der Waals surface area contributed by atoms with E-state index in [1.807, 2.05) is 0 Å². The predicted octanol–water partition coefficient (Wildman–Crippen LogP) is 4.27. The van der Waals surface area contributed by atoms with Gasteiger partial charge in [0, 0.05) is 24.8 Å². The molecule has 0 unspecified atom stereocenters. The van der Waals surface area contributed by atoms with E-state index in [4.69, 9.17) is 0 Å². The van der Waals surface area contributed by atoms with Gasteiger partial charge in [0.1, 0.15) is 0 Å². The Morgan fingerprint density at radius 1 is 1.10 bits per heavy atom. The van der Waals surface area contributed by atoms with Crippen LogP contribution in [0.2, 0.25) is 0 Å². The third kappa shape index (κ3) is 4.24. The first kappa shape index (κ1) is 15.4. The maximum atomic E-state index is 3.70. The standard InChI is InChI=1S/C18H30N2/c1-5-12-20-13-10-17(11-14-20)19-16-8-6-15(7-9-16)18(2,3)4/h6-9,17,19H,5,10-14H2,1-4H3. The van der Waals surface area contributed by atoms with Crippen LogP contribution in [0.5, 0.6) is 0 Å². The Bertz CT molecular complexity index is 394. The number of nitrogens with zero attached hydrogens (tertiary/aromatic N) is 1. The SMILES string of the molecule is CCCN1CCC(Nc2ccc(C(C)(C)C)cc2)CC1. The van der Waals surface area contributed by atoms with Gasteiger partial charge < -0.3 is 10.2 Å². The van der Waals surface area contributed by atoms with Gasteiger partial charge >= 0.3 is 0 Å². The molecule has 1 fully saturated rings. The molecule has 0 spiro atoms. The molecule has 2 heteroatoms. The largest absolute Gasteiger partial charge is 0.382 e. The zero-order valence-electron chi connectivity index (χ0n) is 13.6. The number of hydrogen-bond acceptors (Lipinski definition) is 2. The van der Waals surface area contributed by atoms with Gasteiger partial charge in [-0.15, -0.1) is 0 Å². The van der Waals surface area contributed by atoms with Crippen LogP contribution in [0.3, 0.4) is 0 Å². The monoisotopic (exact) mass is 274 g/mol. The Morgan fingerprint density at radius 2 is 1.70 bits per heavy atom. The zero-order valence-corrected chi connectivity index (χ0v) is 13.6. The molecule has 1 saturated heterocycles. The van der Waals surface area contributed by atoms with Crippen LogP contribution in [0.25, 0.3) is 0 Å². The van der Waals surface area contributed by atoms with E-state index < -0.39 is 0 Å². The Balaban J connectivity index is 1.85. The van der Waals surface area contributed by atoms with E-state index >= 15 is 0 Å². The van der Waals surface area contributed by atoms with Crippen LogP contribution >= 0.6 is 0 Å². The molecule has 0 bridgehead atoms. The van der Waals surface area contributed by atoms with Gasteiger partial charge in [-0.25, -0.2) is 0 Å². The average Bonchev–Trinajstić information content (AvgIpc) is 2.41. The third-order valence-electron chi connectivity index (χ3n) is 4.25. The number of nitrogens with one attached hydrogen (secondary N) is 1. The molecule has 1 aliphatic heterocycles. The normalized spacial score (nSPS) is 18.2. The van der Waals surface area contributed by atoms with Crippen molar-refractivity contribution in [2.24, 2.45) is 0 Å². The van der Waals surface area contributed by atoms with Crippen molar-refractivity contribution in [3.63, 3.8) is 0 Å². The first-order chi connectivity index (χ1) is 9.49. The van der Waals surface area contributed by atoms with Crippen molar-refractivity contribution in [1.29, 1.82) is 0 Å². The second-order valence-corrected chi connectivity index (χ2v) is 7.09. The summed E-state index contributed by atoms with van der Waals surface area (Å²) in [6.07, 6.45) is 3.80. The topological polar surface area (TPSA) is 15.3 Å². The minimum absolute atomic E-state index is 0.240. The maximum absolute atomic E-state index is 3.70. The molecular weight excluding hydrogens is 244 g/mol. The van der Waals surface area contributed by atoms with Crippen LogP contribution in [-0.4, -0.2) is 30.6 Å². The van der Waals surface area contributed by atoms with Gasteiger partial charge in [0.25, 0.3) is 0 Å². The summed E-state index contributed by atoms with van der Waals surface area (Å²) in [4.78, 5) is 2.58. The number of benzene rings is 1. The van der Waals surface area contributed by atoms with E-state index in [0.29, 0.717) is 6.04 Å². The highest BCUT2D eigenvalue weighted by atomic mass is 15.1. The summed E-state index contributed by atoms with van der Waals surface area (Å²) < 4.78 is 0. The summed E-state index contributed by atoms with van der Waals surface area (Å²) in [6.45, 7) is 12.8. The molecule has 1 aromatic rings. The molecule has 2 rings (SSSR count). The van der Waals surface area contributed by atoms with E-state index in [-0.39, 0.29) is 5.41 Å². The second kappa shape index (κ2) is 6.62. The smallest absolute Gasteiger partial charge is 0.0342 e. The van der Waals surface area contributed by atoms with Gasteiger partial charge in [-0.2, -0.15) is 0 Å². The lowest BCUT2D eigenvalue weighted by molar-refractivity contribution is 0.219. The molecule has 2 nitrogen and oxygen atoms in total. The molecule has 1 N–H and O–H groups in total. The molecular formula is C18H30N2. The number of likely N-dealkylation sites (tertiary alicyclic amines) is 1. The maximum Gasteiger partial charge on any atom is 0.0342 e. The summed E-state index contributed by atoms with van der Waals surface area (Å²) in [5, 5.41) is 3.70. The van der Waals surface area contributed by atoms with Gasteiger partial charge in [0.2, 0.25) is 0 Å². The second-order valence-electron chi connectivity index (χ2n) is 7.09. The van der Waals surface area contributed by atoms with Crippen LogP contribution in [0, 0.1) is 0 Å². The van der Waals surface area contributed by atoms with Crippen molar-refractivity contribution in [1.82, 2.24) is 4.90 Å². The first-order valence-corrected chi connectivity index (χ1v) is 8.08. The number of rotatable bonds is 4. The van der Waals surface area contributed by atoms with Crippen molar-refractivity contribution in [3.05, 3.63) is 29.8 Å². The Kier molecular flexibility index (Phi) is 5.09. The number of anilines is 1. The van der Waals surface area contributed by atoms with Crippen LogP contribution in [0.1, 0.15) is 52.5 Å². The number of piperidine rings is 1. The Morgan fingerprint density at radius 3 is 2.20 bits per heavy atom. The van der Waals surface area contributed by atoms with Gasteiger partial charge in [-0.3, -0.25) is 0 Å². The minimum atomic E-state index is 0.240. The highest BCUT2D eigenvalue weighted by Crippen LogP contribution is 2.24. The highest BCUT2D eigenvalue weighted by molar-refractivity contribution is 5.46. The van der Waals surface area contributed by atoms with E-state index in [1.165, 1.54) is 50.1 Å². The van der Waals surface area contributed by atoms with Crippen LogP contribution < -0.4 is 5.32 Å². The molecule has 20 heavy (non-hydrogen) atoms. The molecule has 112 valence electrons. The number of hydrogen-bond donors (Lipinski definition) is 1. The lowest BCUT2D eigenvalue weighted by Crippen LogP contribution is -2.39. The average molecular weight is 274 g/mol. The Labute approximate surface area is 124 Å². The fourth-order valence-electron chi connectivity index (χ4n) is 2.92. The molecule has 0 radical (unpaired) electrons. The Hall–Kier alpha value is -1.02.